The second kappa shape index (κ2) is 12.4. The van der Waals surface area contributed by atoms with Gasteiger partial charge in [0.25, 0.3) is 5.91 Å². The van der Waals surface area contributed by atoms with Gasteiger partial charge in [0.1, 0.15) is 6.61 Å². The summed E-state index contributed by atoms with van der Waals surface area (Å²) in [6.07, 6.45) is 4.05. The van der Waals surface area contributed by atoms with Gasteiger partial charge in [-0.05, 0) is 102 Å². The molecule has 0 aliphatic carbocycles. The maximum Gasteiger partial charge on any atom is 0.271 e. The van der Waals surface area contributed by atoms with Gasteiger partial charge in [0.05, 0.1) is 16.4 Å². The number of hydrogen-bond acceptors (Lipinski definition) is 5. The Balaban J connectivity index is 1.40. The van der Waals surface area contributed by atoms with Crippen LogP contribution in [0, 0.1) is 3.57 Å². The summed E-state index contributed by atoms with van der Waals surface area (Å²) in [5.74, 6) is 1.08. The van der Waals surface area contributed by atoms with Crippen LogP contribution in [0.1, 0.15) is 41.3 Å². The molecule has 35 heavy (non-hydrogen) atoms. The number of rotatable bonds is 9. The molecule has 1 heterocycles. The largest absolute Gasteiger partial charge is 0.490 e. The zero-order chi connectivity index (χ0) is 24.6. The van der Waals surface area contributed by atoms with Crippen molar-refractivity contribution in [2.75, 3.05) is 24.6 Å². The second-order valence-corrected chi connectivity index (χ2v) is 10.2. The fraction of sp³-hybridized carbons (Fsp3) is 0.259. The Labute approximate surface area is 228 Å². The number of nitrogens with one attached hydrogen (secondary N) is 1. The molecule has 1 saturated heterocycles. The van der Waals surface area contributed by atoms with Gasteiger partial charge in [-0.3, -0.25) is 4.79 Å². The molecule has 182 valence electrons. The molecular weight excluding hydrogens is 621 g/mol. The lowest BCUT2D eigenvalue weighted by Gasteiger charge is -2.17. The molecule has 0 radical (unpaired) electrons. The van der Waals surface area contributed by atoms with Crippen molar-refractivity contribution in [2.24, 2.45) is 5.10 Å². The maximum atomic E-state index is 12.5. The van der Waals surface area contributed by atoms with Crippen molar-refractivity contribution < 1.29 is 14.3 Å². The molecule has 3 aromatic carbocycles. The van der Waals surface area contributed by atoms with Crippen LogP contribution in [0.15, 0.2) is 70.2 Å². The number of ether oxygens (including phenoxy) is 2. The highest BCUT2D eigenvalue weighted by Crippen LogP contribution is 2.34. The van der Waals surface area contributed by atoms with Crippen LogP contribution in [-0.4, -0.2) is 31.8 Å². The van der Waals surface area contributed by atoms with Gasteiger partial charge < -0.3 is 14.4 Å². The third-order valence-corrected chi connectivity index (χ3v) is 6.94. The quantitative estimate of drug-likeness (QED) is 0.166. The lowest BCUT2D eigenvalue weighted by atomic mass is 10.2. The molecule has 1 N–H and O–H groups in total. The maximum absolute atomic E-state index is 12.5. The van der Waals surface area contributed by atoms with Gasteiger partial charge in [-0.25, -0.2) is 5.43 Å². The van der Waals surface area contributed by atoms with Gasteiger partial charge in [0, 0.05) is 28.8 Å². The first kappa shape index (κ1) is 25.5. The fourth-order valence-corrected chi connectivity index (χ4v) is 4.88. The molecule has 1 aliphatic heterocycles. The number of hydrazone groups is 1. The molecule has 8 heteroatoms. The Morgan fingerprint density at radius 2 is 1.80 bits per heavy atom. The van der Waals surface area contributed by atoms with Gasteiger partial charge in [-0.1, -0.05) is 28.1 Å². The summed E-state index contributed by atoms with van der Waals surface area (Å²) in [4.78, 5) is 14.8. The third kappa shape index (κ3) is 6.98. The first-order valence-electron chi connectivity index (χ1n) is 11.6. The standard InChI is InChI=1S/C27H27BrIN3O3/c1-2-34-25-16-20(15-24(29)26(25)35-18-19-5-9-22(28)10-6-19)17-30-31-27(33)21-7-11-23(12-8-21)32-13-3-4-14-32/h5-12,15-17H,2-4,13-14,18H2,1H3,(H,31,33)/b30-17-. The van der Waals surface area contributed by atoms with E-state index in [1.807, 2.05) is 67.6 Å². The van der Waals surface area contributed by atoms with Crippen molar-refractivity contribution in [3.05, 3.63) is 85.4 Å². The second-order valence-electron chi connectivity index (χ2n) is 8.12. The van der Waals surface area contributed by atoms with Crippen LogP contribution in [0.25, 0.3) is 0 Å². The number of anilines is 1. The summed E-state index contributed by atoms with van der Waals surface area (Å²) in [6.45, 7) is 5.03. The van der Waals surface area contributed by atoms with Crippen LogP contribution in [0.3, 0.4) is 0 Å². The Bertz CT molecular complexity index is 1180. The molecule has 4 rings (SSSR count). The Morgan fingerprint density at radius 3 is 2.49 bits per heavy atom. The van der Waals surface area contributed by atoms with Gasteiger partial charge in [0.15, 0.2) is 11.5 Å². The van der Waals surface area contributed by atoms with Crippen molar-refractivity contribution in [1.82, 2.24) is 5.43 Å². The molecule has 1 aliphatic rings. The highest BCUT2D eigenvalue weighted by atomic mass is 127. The predicted molar refractivity (Wildman–Crippen MR) is 152 cm³/mol. The molecule has 0 unspecified atom stereocenters. The average Bonchev–Trinajstić information content (AvgIpc) is 3.40. The topological polar surface area (TPSA) is 63.2 Å². The van der Waals surface area contributed by atoms with Crippen LogP contribution < -0.4 is 19.8 Å². The molecule has 1 fully saturated rings. The summed E-state index contributed by atoms with van der Waals surface area (Å²) in [7, 11) is 0. The molecule has 0 spiro atoms. The number of amides is 1. The number of hydrogen-bond donors (Lipinski definition) is 1. The first-order chi connectivity index (χ1) is 17.0. The highest BCUT2D eigenvalue weighted by Gasteiger charge is 2.14. The smallest absolute Gasteiger partial charge is 0.271 e. The average molecular weight is 648 g/mol. The minimum atomic E-state index is -0.247. The van der Waals surface area contributed by atoms with E-state index in [9.17, 15) is 4.79 Å². The zero-order valence-corrected chi connectivity index (χ0v) is 23.2. The summed E-state index contributed by atoms with van der Waals surface area (Å²) < 4.78 is 13.8. The van der Waals surface area contributed by atoms with Crippen molar-refractivity contribution >= 4 is 56.3 Å². The van der Waals surface area contributed by atoms with Crippen molar-refractivity contribution in [1.29, 1.82) is 0 Å². The molecule has 3 aromatic rings. The van der Waals surface area contributed by atoms with Gasteiger partial charge in [0.2, 0.25) is 0 Å². The molecule has 0 atom stereocenters. The Morgan fingerprint density at radius 1 is 1.09 bits per heavy atom. The number of nitrogens with zero attached hydrogens (tertiary/aromatic N) is 2. The SMILES string of the molecule is CCOc1cc(/C=N\NC(=O)c2ccc(N3CCCC3)cc2)cc(I)c1OCc1ccc(Br)cc1. The minimum Gasteiger partial charge on any atom is -0.490 e. The zero-order valence-electron chi connectivity index (χ0n) is 19.5. The number of carbonyl (C=O) groups excluding carboxylic acids is 1. The van der Waals surface area contributed by atoms with E-state index in [1.165, 1.54) is 12.8 Å². The number of benzene rings is 3. The third-order valence-electron chi connectivity index (χ3n) is 5.61. The van der Waals surface area contributed by atoms with Crippen molar-refractivity contribution in [2.45, 2.75) is 26.4 Å². The van der Waals surface area contributed by atoms with Crippen LogP contribution in [0.4, 0.5) is 5.69 Å². The minimum absolute atomic E-state index is 0.247. The van der Waals surface area contributed by atoms with E-state index in [2.05, 4.69) is 53.9 Å². The van der Waals surface area contributed by atoms with Crippen LogP contribution in [0.2, 0.25) is 0 Å². The number of halogens is 2. The van der Waals surface area contributed by atoms with Crippen molar-refractivity contribution in [3.8, 4) is 11.5 Å². The molecule has 1 amide bonds. The highest BCUT2D eigenvalue weighted by molar-refractivity contribution is 14.1. The summed E-state index contributed by atoms with van der Waals surface area (Å²) in [5, 5.41) is 4.15. The van der Waals surface area contributed by atoms with Gasteiger partial charge in [-0.15, -0.1) is 0 Å². The van der Waals surface area contributed by atoms with E-state index >= 15 is 0 Å². The van der Waals surface area contributed by atoms with Crippen LogP contribution in [0.5, 0.6) is 11.5 Å². The van der Waals surface area contributed by atoms with Gasteiger partial charge in [-0.2, -0.15) is 5.10 Å². The Kier molecular flexibility index (Phi) is 9.03. The lowest BCUT2D eigenvalue weighted by Crippen LogP contribution is -2.19. The molecule has 0 saturated carbocycles. The van der Waals surface area contributed by atoms with Crippen molar-refractivity contribution in [3.63, 3.8) is 0 Å². The Hall–Kier alpha value is -2.59. The van der Waals surface area contributed by atoms with E-state index in [-0.39, 0.29) is 5.91 Å². The predicted octanol–water partition coefficient (Wildman–Crippen LogP) is 6.40. The van der Waals surface area contributed by atoms with E-state index in [1.54, 1.807) is 6.21 Å². The molecule has 0 bridgehead atoms. The van der Waals surface area contributed by atoms with Crippen LogP contribution >= 0.6 is 38.5 Å². The first-order valence-corrected chi connectivity index (χ1v) is 13.4. The van der Waals surface area contributed by atoms with Gasteiger partial charge >= 0.3 is 0 Å². The van der Waals surface area contributed by atoms with E-state index in [0.29, 0.717) is 30.3 Å². The molecule has 0 aromatic heterocycles. The fourth-order valence-electron chi connectivity index (χ4n) is 3.83. The summed E-state index contributed by atoms with van der Waals surface area (Å²) in [6, 6.07) is 19.5. The molecular formula is C27H27BrIN3O3. The normalized spacial score (nSPS) is 13.3. The monoisotopic (exact) mass is 647 g/mol. The summed E-state index contributed by atoms with van der Waals surface area (Å²) >= 11 is 5.68. The number of carbonyl (C=O) groups is 1. The van der Waals surface area contributed by atoms with E-state index < -0.39 is 0 Å². The molecule has 6 nitrogen and oxygen atoms in total. The van der Waals surface area contributed by atoms with E-state index in [4.69, 9.17) is 9.47 Å². The lowest BCUT2D eigenvalue weighted by molar-refractivity contribution is 0.0955. The summed E-state index contributed by atoms with van der Waals surface area (Å²) in [5.41, 5.74) is 6.21. The van der Waals surface area contributed by atoms with Crippen LogP contribution in [-0.2, 0) is 6.61 Å². The van der Waals surface area contributed by atoms with E-state index in [0.717, 1.165) is 37.9 Å².